The third-order valence-corrected chi connectivity index (χ3v) is 3.45. The normalized spacial score (nSPS) is 14.4. The minimum Gasteiger partial charge on any atom is -0.379 e. The Bertz CT molecular complexity index is 343. The second-order valence-electron chi connectivity index (χ2n) is 4.52. The third-order valence-electron chi connectivity index (χ3n) is 3.10. The summed E-state index contributed by atoms with van der Waals surface area (Å²) in [4.78, 5) is 0. The highest BCUT2D eigenvalue weighted by Gasteiger charge is 2.23. The Morgan fingerprint density at radius 3 is 2.50 bits per heavy atom. The van der Waals surface area contributed by atoms with Crippen molar-refractivity contribution >= 4 is 11.6 Å². The lowest BCUT2D eigenvalue weighted by Gasteiger charge is -2.28. The van der Waals surface area contributed by atoms with Crippen molar-refractivity contribution in [3.63, 3.8) is 0 Å². The standard InChI is InChI=1S/C15H24ClNO/c1-4-8-14(18-3)15(17-11-5-2)12-9-6-7-10-13(12)16/h6-7,9-10,14-15,17H,4-5,8,11H2,1-3H3. The third kappa shape index (κ3) is 4.27. The maximum absolute atomic E-state index is 6.30. The van der Waals surface area contributed by atoms with Crippen molar-refractivity contribution in [1.29, 1.82) is 0 Å². The number of rotatable bonds is 8. The molecule has 0 fully saturated rings. The minimum absolute atomic E-state index is 0.168. The second-order valence-corrected chi connectivity index (χ2v) is 4.92. The van der Waals surface area contributed by atoms with Crippen LogP contribution in [0.4, 0.5) is 0 Å². The van der Waals surface area contributed by atoms with E-state index in [0.717, 1.165) is 36.4 Å². The minimum atomic E-state index is 0.168. The summed E-state index contributed by atoms with van der Waals surface area (Å²) in [7, 11) is 1.78. The van der Waals surface area contributed by atoms with Crippen LogP contribution >= 0.6 is 11.6 Å². The fourth-order valence-corrected chi connectivity index (χ4v) is 2.43. The van der Waals surface area contributed by atoms with Gasteiger partial charge in [-0.05, 0) is 31.0 Å². The quantitative estimate of drug-likeness (QED) is 0.764. The van der Waals surface area contributed by atoms with Crippen LogP contribution in [0.5, 0.6) is 0 Å². The summed E-state index contributed by atoms with van der Waals surface area (Å²) in [5.41, 5.74) is 1.13. The number of hydrogen-bond acceptors (Lipinski definition) is 2. The lowest BCUT2D eigenvalue weighted by Crippen LogP contribution is -2.34. The molecule has 0 saturated heterocycles. The molecule has 102 valence electrons. The van der Waals surface area contributed by atoms with Crippen LogP contribution in [0.2, 0.25) is 5.02 Å². The zero-order chi connectivity index (χ0) is 13.4. The van der Waals surface area contributed by atoms with Crippen molar-refractivity contribution in [2.45, 2.75) is 45.3 Å². The van der Waals surface area contributed by atoms with E-state index in [1.807, 2.05) is 18.2 Å². The Morgan fingerprint density at radius 2 is 1.94 bits per heavy atom. The summed E-state index contributed by atoms with van der Waals surface area (Å²) in [6.07, 6.45) is 3.40. The van der Waals surface area contributed by atoms with Gasteiger partial charge in [-0.1, -0.05) is 50.1 Å². The number of nitrogens with one attached hydrogen (secondary N) is 1. The molecule has 2 atom stereocenters. The molecular weight excluding hydrogens is 246 g/mol. The van der Waals surface area contributed by atoms with Crippen LogP contribution in [-0.4, -0.2) is 19.8 Å². The first-order chi connectivity index (χ1) is 8.74. The Morgan fingerprint density at radius 1 is 1.22 bits per heavy atom. The van der Waals surface area contributed by atoms with E-state index in [0.29, 0.717) is 0 Å². The van der Waals surface area contributed by atoms with Gasteiger partial charge >= 0.3 is 0 Å². The van der Waals surface area contributed by atoms with Crippen LogP contribution in [0.25, 0.3) is 0 Å². The molecule has 0 aliphatic heterocycles. The van der Waals surface area contributed by atoms with Crippen molar-refractivity contribution in [1.82, 2.24) is 5.32 Å². The fraction of sp³-hybridized carbons (Fsp3) is 0.600. The molecule has 0 aliphatic carbocycles. The predicted octanol–water partition coefficient (Wildman–Crippen LogP) is 4.20. The molecule has 0 saturated carbocycles. The van der Waals surface area contributed by atoms with Gasteiger partial charge in [0.15, 0.2) is 0 Å². The summed E-state index contributed by atoms with van der Waals surface area (Å²) < 4.78 is 5.64. The van der Waals surface area contributed by atoms with Crippen molar-refractivity contribution in [3.05, 3.63) is 34.9 Å². The van der Waals surface area contributed by atoms with Crippen LogP contribution in [-0.2, 0) is 4.74 Å². The average Bonchev–Trinajstić information content (AvgIpc) is 2.39. The first kappa shape index (κ1) is 15.5. The highest BCUT2D eigenvalue weighted by Crippen LogP contribution is 2.28. The van der Waals surface area contributed by atoms with Gasteiger partial charge in [0.05, 0.1) is 12.1 Å². The van der Waals surface area contributed by atoms with Crippen LogP contribution < -0.4 is 5.32 Å². The number of ether oxygens (including phenoxy) is 1. The summed E-state index contributed by atoms with van der Waals surface area (Å²) in [5, 5.41) is 4.36. The number of hydrogen-bond donors (Lipinski definition) is 1. The van der Waals surface area contributed by atoms with Crippen LogP contribution in [0.15, 0.2) is 24.3 Å². The van der Waals surface area contributed by atoms with Gasteiger partial charge in [0.1, 0.15) is 0 Å². The van der Waals surface area contributed by atoms with Gasteiger partial charge in [0, 0.05) is 12.1 Å². The Hall–Kier alpha value is -0.570. The van der Waals surface area contributed by atoms with Gasteiger partial charge in [-0.2, -0.15) is 0 Å². The maximum atomic E-state index is 6.30. The molecular formula is C15H24ClNO. The number of benzene rings is 1. The van der Waals surface area contributed by atoms with E-state index in [1.54, 1.807) is 7.11 Å². The lowest BCUT2D eigenvalue weighted by atomic mass is 9.98. The van der Waals surface area contributed by atoms with Gasteiger partial charge in [0.2, 0.25) is 0 Å². The fourth-order valence-electron chi connectivity index (χ4n) is 2.17. The van der Waals surface area contributed by atoms with Crippen molar-refractivity contribution < 1.29 is 4.74 Å². The van der Waals surface area contributed by atoms with Crippen molar-refractivity contribution in [2.24, 2.45) is 0 Å². The van der Waals surface area contributed by atoms with E-state index < -0.39 is 0 Å². The molecule has 0 aromatic heterocycles. The van der Waals surface area contributed by atoms with Gasteiger partial charge in [-0.15, -0.1) is 0 Å². The van der Waals surface area contributed by atoms with E-state index in [-0.39, 0.29) is 12.1 Å². The zero-order valence-corrected chi connectivity index (χ0v) is 12.3. The van der Waals surface area contributed by atoms with E-state index in [9.17, 15) is 0 Å². The molecule has 0 aliphatic rings. The summed E-state index contributed by atoms with van der Waals surface area (Å²) in [6, 6.07) is 8.18. The molecule has 0 bridgehead atoms. The van der Waals surface area contributed by atoms with E-state index in [1.165, 1.54) is 0 Å². The maximum Gasteiger partial charge on any atom is 0.0766 e. The van der Waals surface area contributed by atoms with Crippen LogP contribution in [0.3, 0.4) is 0 Å². The summed E-state index contributed by atoms with van der Waals surface area (Å²) in [6.45, 7) is 5.31. The lowest BCUT2D eigenvalue weighted by molar-refractivity contribution is 0.0606. The average molecular weight is 270 g/mol. The Kier molecular flexibility index (Phi) is 7.33. The Labute approximate surface area is 116 Å². The second kappa shape index (κ2) is 8.52. The van der Waals surface area contributed by atoms with Crippen molar-refractivity contribution in [2.75, 3.05) is 13.7 Å². The zero-order valence-electron chi connectivity index (χ0n) is 11.6. The number of methoxy groups -OCH3 is 1. The van der Waals surface area contributed by atoms with Gasteiger partial charge in [-0.25, -0.2) is 0 Å². The van der Waals surface area contributed by atoms with Gasteiger partial charge < -0.3 is 10.1 Å². The molecule has 1 N–H and O–H groups in total. The van der Waals surface area contributed by atoms with E-state index >= 15 is 0 Å². The largest absolute Gasteiger partial charge is 0.379 e. The topological polar surface area (TPSA) is 21.3 Å². The molecule has 0 radical (unpaired) electrons. The molecule has 0 heterocycles. The predicted molar refractivity (Wildman–Crippen MR) is 78.2 cm³/mol. The molecule has 3 heteroatoms. The molecule has 1 aromatic rings. The Balaban J connectivity index is 2.92. The van der Waals surface area contributed by atoms with E-state index in [2.05, 4.69) is 25.2 Å². The smallest absolute Gasteiger partial charge is 0.0766 e. The molecule has 0 spiro atoms. The first-order valence-electron chi connectivity index (χ1n) is 6.75. The van der Waals surface area contributed by atoms with Crippen LogP contribution in [0.1, 0.15) is 44.7 Å². The summed E-state index contributed by atoms with van der Waals surface area (Å²) >= 11 is 6.30. The van der Waals surface area contributed by atoms with Gasteiger partial charge in [0.25, 0.3) is 0 Å². The van der Waals surface area contributed by atoms with E-state index in [4.69, 9.17) is 16.3 Å². The van der Waals surface area contributed by atoms with Gasteiger partial charge in [-0.3, -0.25) is 0 Å². The molecule has 1 aromatic carbocycles. The first-order valence-corrected chi connectivity index (χ1v) is 7.12. The highest BCUT2D eigenvalue weighted by molar-refractivity contribution is 6.31. The SMILES string of the molecule is CCCNC(c1ccccc1Cl)C(CCC)OC. The molecule has 2 nitrogen and oxygen atoms in total. The summed E-state index contributed by atoms with van der Waals surface area (Å²) in [5.74, 6) is 0. The molecule has 1 rings (SSSR count). The highest BCUT2D eigenvalue weighted by atomic mass is 35.5. The molecule has 18 heavy (non-hydrogen) atoms. The van der Waals surface area contributed by atoms with Crippen LogP contribution in [0, 0.1) is 0 Å². The molecule has 2 unspecified atom stereocenters. The monoisotopic (exact) mass is 269 g/mol. The van der Waals surface area contributed by atoms with Crippen molar-refractivity contribution in [3.8, 4) is 0 Å². The number of halogens is 1. The molecule has 0 amide bonds.